The number of hydrogen-bond donors (Lipinski definition) is 1. The number of halogens is 1. The minimum Gasteiger partial charge on any atom is -0.424 e. The minimum absolute atomic E-state index is 0.230. The summed E-state index contributed by atoms with van der Waals surface area (Å²) in [7, 11) is 0. The smallest absolute Gasteiger partial charge is 0.321 e. The third-order valence-electron chi connectivity index (χ3n) is 3.21. The fraction of sp³-hybridized carbons (Fsp3) is 0.333. The SMILES string of the molecule is Cc1ccc(F)cc1Oc1ncc(CNC2CC2)cn1. The second kappa shape index (κ2) is 5.54. The highest BCUT2D eigenvalue weighted by Gasteiger charge is 2.20. The van der Waals surface area contributed by atoms with E-state index >= 15 is 0 Å². The van der Waals surface area contributed by atoms with Gasteiger partial charge < -0.3 is 10.1 Å². The topological polar surface area (TPSA) is 47.0 Å². The van der Waals surface area contributed by atoms with Crippen molar-refractivity contribution in [2.75, 3.05) is 0 Å². The predicted octanol–water partition coefficient (Wildman–Crippen LogP) is 2.97. The van der Waals surface area contributed by atoms with Crippen molar-refractivity contribution in [2.24, 2.45) is 0 Å². The van der Waals surface area contributed by atoms with Crippen LogP contribution in [-0.2, 0) is 6.54 Å². The van der Waals surface area contributed by atoms with E-state index in [1.165, 1.54) is 25.0 Å². The van der Waals surface area contributed by atoms with Gasteiger partial charge in [0.05, 0.1) is 0 Å². The zero-order valence-electron chi connectivity index (χ0n) is 11.3. The number of ether oxygens (including phenoxy) is 1. The van der Waals surface area contributed by atoms with Crippen molar-refractivity contribution < 1.29 is 9.13 Å². The Bertz CT molecular complexity index is 597. The first-order valence-corrected chi connectivity index (χ1v) is 6.69. The monoisotopic (exact) mass is 273 g/mol. The van der Waals surface area contributed by atoms with Crippen LogP contribution in [0.3, 0.4) is 0 Å². The summed E-state index contributed by atoms with van der Waals surface area (Å²) in [5, 5.41) is 3.39. The van der Waals surface area contributed by atoms with Gasteiger partial charge in [-0.05, 0) is 31.4 Å². The lowest BCUT2D eigenvalue weighted by atomic mass is 10.2. The van der Waals surface area contributed by atoms with Gasteiger partial charge in [0, 0.05) is 36.6 Å². The molecule has 1 aliphatic rings. The van der Waals surface area contributed by atoms with Crippen LogP contribution in [0.4, 0.5) is 4.39 Å². The van der Waals surface area contributed by atoms with Crippen molar-refractivity contribution in [1.82, 2.24) is 15.3 Å². The first-order chi connectivity index (χ1) is 9.70. The summed E-state index contributed by atoms with van der Waals surface area (Å²) in [6.45, 7) is 2.62. The van der Waals surface area contributed by atoms with Gasteiger partial charge in [-0.1, -0.05) is 6.07 Å². The van der Waals surface area contributed by atoms with Crippen molar-refractivity contribution >= 4 is 0 Å². The van der Waals surface area contributed by atoms with Gasteiger partial charge in [-0.2, -0.15) is 0 Å². The Kier molecular flexibility index (Phi) is 3.60. The van der Waals surface area contributed by atoms with Crippen molar-refractivity contribution in [1.29, 1.82) is 0 Å². The molecule has 0 saturated heterocycles. The maximum absolute atomic E-state index is 13.2. The van der Waals surface area contributed by atoms with Crippen LogP contribution < -0.4 is 10.1 Å². The van der Waals surface area contributed by atoms with Crippen LogP contribution in [0.25, 0.3) is 0 Å². The highest BCUT2D eigenvalue weighted by atomic mass is 19.1. The highest BCUT2D eigenvalue weighted by molar-refractivity contribution is 5.34. The van der Waals surface area contributed by atoms with Crippen LogP contribution in [0.1, 0.15) is 24.0 Å². The van der Waals surface area contributed by atoms with Crippen LogP contribution in [-0.4, -0.2) is 16.0 Å². The zero-order chi connectivity index (χ0) is 13.9. The zero-order valence-corrected chi connectivity index (χ0v) is 11.3. The van der Waals surface area contributed by atoms with E-state index in [1.807, 2.05) is 6.92 Å². The average Bonchev–Trinajstić information content (AvgIpc) is 3.26. The number of aromatic nitrogens is 2. The summed E-state index contributed by atoms with van der Waals surface area (Å²) < 4.78 is 18.7. The molecule has 4 nitrogen and oxygen atoms in total. The summed E-state index contributed by atoms with van der Waals surface area (Å²) in [5.74, 6) is 0.102. The fourth-order valence-corrected chi connectivity index (χ4v) is 1.82. The summed E-state index contributed by atoms with van der Waals surface area (Å²) >= 11 is 0. The van der Waals surface area contributed by atoms with Crippen molar-refractivity contribution in [3.05, 3.63) is 47.5 Å². The molecule has 5 heteroatoms. The Morgan fingerprint density at radius 2 is 2.05 bits per heavy atom. The number of rotatable bonds is 5. The first-order valence-electron chi connectivity index (χ1n) is 6.69. The quantitative estimate of drug-likeness (QED) is 0.909. The van der Waals surface area contributed by atoms with E-state index in [0.717, 1.165) is 17.7 Å². The number of nitrogens with zero attached hydrogens (tertiary/aromatic N) is 2. The highest BCUT2D eigenvalue weighted by Crippen LogP contribution is 2.23. The number of aryl methyl sites for hydroxylation is 1. The fourth-order valence-electron chi connectivity index (χ4n) is 1.82. The standard InChI is InChI=1S/C15H16FN3O/c1-10-2-3-12(16)6-14(10)20-15-18-8-11(9-19-15)7-17-13-4-5-13/h2-3,6,8-9,13,17H,4-5,7H2,1H3. The molecule has 1 saturated carbocycles. The number of benzene rings is 1. The lowest BCUT2D eigenvalue weighted by Gasteiger charge is -2.07. The lowest BCUT2D eigenvalue weighted by Crippen LogP contribution is -2.15. The molecule has 1 heterocycles. The molecule has 20 heavy (non-hydrogen) atoms. The van der Waals surface area contributed by atoms with Gasteiger partial charge in [-0.15, -0.1) is 0 Å². The first kappa shape index (κ1) is 13.0. The minimum atomic E-state index is -0.337. The molecule has 0 atom stereocenters. The second-order valence-corrected chi connectivity index (χ2v) is 5.04. The molecular weight excluding hydrogens is 257 g/mol. The summed E-state index contributed by atoms with van der Waals surface area (Å²) in [6.07, 6.45) is 5.96. The van der Waals surface area contributed by atoms with E-state index in [1.54, 1.807) is 18.5 Å². The molecule has 0 aliphatic heterocycles. The Balaban J connectivity index is 1.66. The molecule has 3 rings (SSSR count). The lowest BCUT2D eigenvalue weighted by molar-refractivity contribution is 0.433. The van der Waals surface area contributed by atoms with Gasteiger partial charge >= 0.3 is 6.01 Å². The molecule has 1 fully saturated rings. The van der Waals surface area contributed by atoms with Crippen LogP contribution >= 0.6 is 0 Å². The second-order valence-electron chi connectivity index (χ2n) is 5.04. The Labute approximate surface area is 117 Å². The summed E-state index contributed by atoms with van der Waals surface area (Å²) in [6, 6.07) is 5.28. The Hall–Kier alpha value is -2.01. The average molecular weight is 273 g/mol. The van der Waals surface area contributed by atoms with Crippen molar-refractivity contribution in [3.63, 3.8) is 0 Å². The maximum Gasteiger partial charge on any atom is 0.321 e. The number of nitrogens with one attached hydrogen (secondary N) is 1. The van der Waals surface area contributed by atoms with E-state index in [4.69, 9.17) is 4.74 Å². The third-order valence-corrected chi connectivity index (χ3v) is 3.21. The predicted molar refractivity (Wildman–Crippen MR) is 73.1 cm³/mol. The summed E-state index contributed by atoms with van der Waals surface area (Å²) in [5.41, 5.74) is 1.86. The van der Waals surface area contributed by atoms with E-state index in [-0.39, 0.29) is 11.8 Å². The van der Waals surface area contributed by atoms with Gasteiger partial charge in [0.2, 0.25) is 0 Å². The number of hydrogen-bond acceptors (Lipinski definition) is 4. The molecule has 1 aliphatic carbocycles. The van der Waals surface area contributed by atoms with E-state index in [2.05, 4.69) is 15.3 Å². The van der Waals surface area contributed by atoms with Gasteiger partial charge in [-0.3, -0.25) is 0 Å². The largest absolute Gasteiger partial charge is 0.424 e. The summed E-state index contributed by atoms with van der Waals surface area (Å²) in [4.78, 5) is 8.29. The molecule has 2 aromatic rings. The van der Waals surface area contributed by atoms with E-state index < -0.39 is 0 Å². The van der Waals surface area contributed by atoms with E-state index in [9.17, 15) is 4.39 Å². The van der Waals surface area contributed by atoms with Gasteiger partial charge in [-0.25, -0.2) is 14.4 Å². The van der Waals surface area contributed by atoms with Crippen LogP contribution in [0.15, 0.2) is 30.6 Å². The Morgan fingerprint density at radius 1 is 1.30 bits per heavy atom. The van der Waals surface area contributed by atoms with Gasteiger partial charge in [0.25, 0.3) is 0 Å². The van der Waals surface area contributed by atoms with Crippen molar-refractivity contribution in [2.45, 2.75) is 32.4 Å². The Morgan fingerprint density at radius 3 is 2.75 bits per heavy atom. The molecular formula is C15H16FN3O. The molecule has 0 radical (unpaired) electrons. The molecule has 0 unspecified atom stereocenters. The van der Waals surface area contributed by atoms with Crippen LogP contribution in [0.2, 0.25) is 0 Å². The van der Waals surface area contributed by atoms with E-state index in [0.29, 0.717) is 11.8 Å². The maximum atomic E-state index is 13.2. The van der Waals surface area contributed by atoms with Crippen molar-refractivity contribution in [3.8, 4) is 11.8 Å². The van der Waals surface area contributed by atoms with Crippen LogP contribution in [0.5, 0.6) is 11.8 Å². The molecule has 104 valence electrons. The molecule has 1 aromatic carbocycles. The van der Waals surface area contributed by atoms with Crippen LogP contribution in [0, 0.1) is 12.7 Å². The van der Waals surface area contributed by atoms with Gasteiger partial charge in [0.15, 0.2) is 0 Å². The molecule has 0 bridgehead atoms. The normalized spacial score (nSPS) is 14.3. The molecule has 1 aromatic heterocycles. The third kappa shape index (κ3) is 3.30. The van der Waals surface area contributed by atoms with Gasteiger partial charge in [0.1, 0.15) is 11.6 Å². The molecule has 0 spiro atoms. The molecule has 0 amide bonds. The molecule has 1 N–H and O–H groups in total.